The van der Waals surface area contributed by atoms with Crippen LogP contribution in [0.1, 0.15) is 12.0 Å². The maximum atomic E-state index is 13.3. The van der Waals surface area contributed by atoms with Gasteiger partial charge < -0.3 is 10.4 Å². The monoisotopic (exact) mass is 288 g/mol. The second-order valence-electron chi connectivity index (χ2n) is 3.91. The van der Waals surface area contributed by atoms with Crippen molar-refractivity contribution in [3.63, 3.8) is 0 Å². The van der Waals surface area contributed by atoms with Gasteiger partial charge in [0, 0.05) is 31.5 Å². The lowest BCUT2D eigenvalue weighted by Gasteiger charge is -2.05. The predicted octanol–water partition coefficient (Wildman–Crippen LogP) is 1.94. The molecular weight excluding hydrogens is 271 g/mol. The molecule has 0 aliphatic carbocycles. The zero-order chi connectivity index (χ0) is 14.1. The first-order valence-corrected chi connectivity index (χ1v) is 7.12. The van der Waals surface area contributed by atoms with Crippen LogP contribution in [0.2, 0.25) is 0 Å². The van der Waals surface area contributed by atoms with E-state index in [0.29, 0.717) is 12.1 Å². The van der Waals surface area contributed by atoms with Crippen molar-refractivity contribution in [2.45, 2.75) is 13.0 Å². The Balaban J connectivity index is 2.26. The first-order valence-electron chi connectivity index (χ1n) is 5.97. The quantitative estimate of drug-likeness (QED) is 0.412. The van der Waals surface area contributed by atoms with Crippen molar-refractivity contribution in [2.24, 2.45) is 0 Å². The summed E-state index contributed by atoms with van der Waals surface area (Å²) in [5.41, 5.74) is 0.187. The van der Waals surface area contributed by atoms with Crippen LogP contribution in [0.5, 0.6) is 0 Å². The van der Waals surface area contributed by atoms with Crippen molar-refractivity contribution < 1.29 is 14.4 Å². The number of aliphatic hydroxyl groups excluding tert-OH is 1. The molecule has 0 fully saturated rings. The number of nitro benzene ring substituents is 1. The number of aliphatic hydroxyl groups is 1. The first-order chi connectivity index (χ1) is 9.15. The summed E-state index contributed by atoms with van der Waals surface area (Å²) in [5, 5.41) is 22.2. The molecule has 0 atom stereocenters. The number of benzene rings is 1. The number of hydrogen-bond acceptors (Lipinski definition) is 5. The molecule has 0 unspecified atom stereocenters. The molecule has 1 aromatic rings. The van der Waals surface area contributed by atoms with Crippen molar-refractivity contribution in [1.82, 2.24) is 5.32 Å². The third kappa shape index (κ3) is 6.00. The molecule has 0 bridgehead atoms. The molecule has 106 valence electrons. The van der Waals surface area contributed by atoms with Crippen LogP contribution in [0.15, 0.2) is 18.2 Å². The molecule has 1 rings (SSSR count). The van der Waals surface area contributed by atoms with Crippen molar-refractivity contribution >= 4 is 17.4 Å². The molecular formula is C12H17FN2O3S. The number of rotatable bonds is 9. The molecule has 1 aromatic carbocycles. The average Bonchev–Trinajstić information content (AvgIpc) is 2.37. The summed E-state index contributed by atoms with van der Waals surface area (Å²) < 4.78 is 13.3. The van der Waals surface area contributed by atoms with Gasteiger partial charge in [0.05, 0.1) is 4.92 Å². The second-order valence-corrected chi connectivity index (χ2v) is 5.13. The Morgan fingerprint density at radius 2 is 2.21 bits per heavy atom. The largest absolute Gasteiger partial charge is 0.396 e. The normalized spacial score (nSPS) is 10.6. The van der Waals surface area contributed by atoms with E-state index in [9.17, 15) is 14.5 Å². The van der Waals surface area contributed by atoms with Gasteiger partial charge in [0.15, 0.2) is 0 Å². The molecule has 0 aliphatic heterocycles. The Morgan fingerprint density at radius 3 is 2.84 bits per heavy atom. The summed E-state index contributed by atoms with van der Waals surface area (Å²) in [7, 11) is 0. The summed E-state index contributed by atoms with van der Waals surface area (Å²) in [6.45, 7) is 1.46. The highest BCUT2D eigenvalue weighted by molar-refractivity contribution is 7.99. The molecule has 0 amide bonds. The highest BCUT2D eigenvalue weighted by Crippen LogP contribution is 2.17. The molecule has 0 saturated carbocycles. The third-order valence-corrected chi connectivity index (χ3v) is 3.48. The van der Waals surface area contributed by atoms with E-state index in [1.807, 2.05) is 0 Å². The lowest BCUT2D eigenvalue weighted by atomic mass is 10.2. The molecule has 0 radical (unpaired) electrons. The van der Waals surface area contributed by atoms with Crippen molar-refractivity contribution in [3.05, 3.63) is 39.7 Å². The Labute approximate surface area is 115 Å². The van der Waals surface area contributed by atoms with E-state index < -0.39 is 16.4 Å². The van der Waals surface area contributed by atoms with Gasteiger partial charge in [0.2, 0.25) is 5.82 Å². The van der Waals surface area contributed by atoms with E-state index in [0.717, 1.165) is 24.5 Å². The lowest BCUT2D eigenvalue weighted by Crippen LogP contribution is -2.17. The van der Waals surface area contributed by atoms with E-state index in [1.165, 1.54) is 12.1 Å². The van der Waals surface area contributed by atoms with Crippen LogP contribution in [0, 0.1) is 15.9 Å². The summed E-state index contributed by atoms with van der Waals surface area (Å²) >= 11 is 1.74. The number of hydrogen-bond donors (Lipinski definition) is 2. The number of halogens is 1. The summed E-state index contributed by atoms with van der Waals surface area (Å²) in [6.07, 6.45) is 0.790. The fourth-order valence-electron chi connectivity index (χ4n) is 1.45. The molecule has 5 nitrogen and oxygen atoms in total. The highest BCUT2D eigenvalue weighted by Gasteiger charge is 2.13. The maximum Gasteiger partial charge on any atom is 0.304 e. The molecule has 0 heterocycles. The summed E-state index contributed by atoms with van der Waals surface area (Å²) in [4.78, 5) is 9.72. The number of nitro groups is 1. The van der Waals surface area contributed by atoms with Crippen LogP contribution in [0.4, 0.5) is 10.1 Å². The lowest BCUT2D eigenvalue weighted by molar-refractivity contribution is -0.387. The minimum atomic E-state index is -0.804. The maximum absolute atomic E-state index is 13.3. The van der Waals surface area contributed by atoms with Crippen LogP contribution < -0.4 is 5.32 Å². The van der Waals surface area contributed by atoms with Crippen molar-refractivity contribution in [3.8, 4) is 0 Å². The third-order valence-electron chi connectivity index (χ3n) is 2.41. The Hall–Kier alpha value is -1.18. The SMILES string of the molecule is O=[N+]([O-])c1ccc(CNCCSCCCO)cc1F. The van der Waals surface area contributed by atoms with Gasteiger partial charge >= 0.3 is 5.69 Å². The molecule has 7 heteroatoms. The molecule has 0 aromatic heterocycles. The Morgan fingerprint density at radius 1 is 1.42 bits per heavy atom. The van der Waals surface area contributed by atoms with Crippen molar-refractivity contribution in [1.29, 1.82) is 0 Å². The standard InChI is InChI=1S/C12H17FN2O3S/c13-11-8-10(2-3-12(11)15(17)18)9-14-4-7-19-6-1-5-16/h2-3,8,14,16H,1,4-7,9H2. The molecule has 0 aliphatic rings. The summed E-state index contributed by atoms with van der Waals surface area (Å²) in [6, 6.07) is 3.92. The van der Waals surface area contributed by atoms with E-state index in [1.54, 1.807) is 17.8 Å². The van der Waals surface area contributed by atoms with Crippen LogP contribution in [0.25, 0.3) is 0 Å². The minimum Gasteiger partial charge on any atom is -0.396 e. The molecule has 2 N–H and O–H groups in total. The van der Waals surface area contributed by atoms with Gasteiger partial charge in [0.25, 0.3) is 0 Å². The Bertz CT molecular complexity index is 418. The van der Waals surface area contributed by atoms with E-state index in [2.05, 4.69) is 5.32 Å². The molecule has 0 spiro atoms. The van der Waals surface area contributed by atoms with E-state index in [4.69, 9.17) is 5.11 Å². The highest BCUT2D eigenvalue weighted by atomic mass is 32.2. The van der Waals surface area contributed by atoms with Gasteiger partial charge in [-0.2, -0.15) is 16.2 Å². The molecule has 19 heavy (non-hydrogen) atoms. The Kier molecular flexibility index (Phi) is 7.39. The fraction of sp³-hybridized carbons (Fsp3) is 0.500. The van der Waals surface area contributed by atoms with Gasteiger partial charge in [-0.25, -0.2) is 0 Å². The van der Waals surface area contributed by atoms with Crippen LogP contribution in [0.3, 0.4) is 0 Å². The van der Waals surface area contributed by atoms with Gasteiger partial charge in [0.1, 0.15) is 0 Å². The predicted molar refractivity (Wildman–Crippen MR) is 73.8 cm³/mol. The first kappa shape index (κ1) is 15.9. The van der Waals surface area contributed by atoms with Gasteiger partial charge in [-0.3, -0.25) is 10.1 Å². The number of nitrogens with one attached hydrogen (secondary N) is 1. The number of nitrogens with zero attached hydrogens (tertiary/aromatic N) is 1. The molecule has 0 saturated heterocycles. The summed E-state index contributed by atoms with van der Waals surface area (Å²) in [5.74, 6) is 1.03. The van der Waals surface area contributed by atoms with Crippen LogP contribution >= 0.6 is 11.8 Å². The topological polar surface area (TPSA) is 75.4 Å². The zero-order valence-electron chi connectivity index (χ0n) is 10.5. The minimum absolute atomic E-state index is 0.211. The second kappa shape index (κ2) is 8.84. The number of thioether (sulfide) groups is 1. The fourth-order valence-corrected chi connectivity index (χ4v) is 2.28. The van der Waals surface area contributed by atoms with Crippen LogP contribution in [-0.2, 0) is 6.54 Å². The van der Waals surface area contributed by atoms with Crippen LogP contribution in [-0.4, -0.2) is 34.7 Å². The van der Waals surface area contributed by atoms with Gasteiger partial charge in [-0.1, -0.05) is 6.07 Å². The van der Waals surface area contributed by atoms with Gasteiger partial charge in [-0.15, -0.1) is 0 Å². The van der Waals surface area contributed by atoms with E-state index >= 15 is 0 Å². The smallest absolute Gasteiger partial charge is 0.304 e. The van der Waals surface area contributed by atoms with E-state index in [-0.39, 0.29) is 6.61 Å². The van der Waals surface area contributed by atoms with Gasteiger partial charge in [-0.05, 0) is 23.8 Å². The average molecular weight is 288 g/mol. The van der Waals surface area contributed by atoms with Crippen molar-refractivity contribution in [2.75, 3.05) is 24.7 Å². The zero-order valence-corrected chi connectivity index (χ0v) is 11.3.